The predicted molar refractivity (Wildman–Crippen MR) is 78.0 cm³/mol. The minimum absolute atomic E-state index is 0.0223. The topological polar surface area (TPSA) is 64.3 Å². The van der Waals surface area contributed by atoms with Gasteiger partial charge < -0.3 is 15.8 Å². The number of rotatable bonds is 7. The Kier molecular flexibility index (Phi) is 7.39. The van der Waals surface area contributed by atoms with Gasteiger partial charge in [-0.25, -0.2) is 0 Å². The highest BCUT2D eigenvalue weighted by Crippen LogP contribution is 2.25. The van der Waals surface area contributed by atoms with Crippen LogP contribution in [0, 0.1) is 0 Å². The molecule has 0 aliphatic heterocycles. The number of carbonyl (C=O) groups excluding carboxylic acids is 1. The Hall–Kier alpha value is -0.610. The van der Waals surface area contributed by atoms with Crippen molar-refractivity contribution in [2.24, 2.45) is 5.73 Å². The second-order valence-corrected chi connectivity index (χ2v) is 5.85. The number of hydrogen-bond donors (Lipinski definition) is 2. The molecule has 1 saturated carbocycles. The summed E-state index contributed by atoms with van der Waals surface area (Å²) in [5.74, 6) is -0.0223. The third-order valence-corrected chi connectivity index (χ3v) is 4.07. The van der Waals surface area contributed by atoms with Crippen LogP contribution in [0.15, 0.2) is 0 Å². The molecule has 3 N–H and O–H groups in total. The predicted octanol–water partition coefficient (Wildman–Crippen LogP) is 2.36. The van der Waals surface area contributed by atoms with Crippen LogP contribution < -0.4 is 11.1 Å². The highest BCUT2D eigenvalue weighted by atomic mass is 16.5. The van der Waals surface area contributed by atoms with E-state index in [0.717, 1.165) is 25.7 Å². The Morgan fingerprint density at radius 3 is 2.32 bits per heavy atom. The fourth-order valence-electron chi connectivity index (χ4n) is 2.69. The van der Waals surface area contributed by atoms with Gasteiger partial charge in [0.1, 0.15) is 6.61 Å². The van der Waals surface area contributed by atoms with Gasteiger partial charge in [-0.3, -0.25) is 4.79 Å². The van der Waals surface area contributed by atoms with Crippen LogP contribution in [0.3, 0.4) is 0 Å². The van der Waals surface area contributed by atoms with Crippen LogP contribution in [0.1, 0.15) is 65.2 Å². The molecule has 0 unspecified atom stereocenters. The van der Waals surface area contributed by atoms with Gasteiger partial charge in [-0.1, -0.05) is 39.5 Å². The van der Waals surface area contributed by atoms with Crippen molar-refractivity contribution in [2.45, 2.75) is 76.8 Å². The lowest BCUT2D eigenvalue weighted by Crippen LogP contribution is -2.45. The maximum atomic E-state index is 11.7. The highest BCUT2D eigenvalue weighted by Gasteiger charge is 2.26. The fourth-order valence-corrected chi connectivity index (χ4v) is 2.69. The Morgan fingerprint density at radius 2 is 1.79 bits per heavy atom. The van der Waals surface area contributed by atoms with Crippen LogP contribution in [-0.4, -0.2) is 30.7 Å². The Balaban J connectivity index is 2.23. The van der Waals surface area contributed by atoms with E-state index in [0.29, 0.717) is 6.61 Å². The highest BCUT2D eigenvalue weighted by molar-refractivity contribution is 5.77. The fraction of sp³-hybridized carbons (Fsp3) is 0.933. The van der Waals surface area contributed by atoms with Crippen molar-refractivity contribution in [2.75, 3.05) is 13.2 Å². The zero-order valence-corrected chi connectivity index (χ0v) is 12.5. The first-order valence-corrected chi connectivity index (χ1v) is 7.75. The van der Waals surface area contributed by atoms with E-state index in [1.807, 2.05) is 0 Å². The van der Waals surface area contributed by atoms with Gasteiger partial charge in [-0.15, -0.1) is 0 Å². The molecular weight excluding hydrogens is 240 g/mol. The summed E-state index contributed by atoms with van der Waals surface area (Å²) in [6.45, 7) is 4.80. The van der Waals surface area contributed by atoms with Crippen LogP contribution in [0.5, 0.6) is 0 Å². The zero-order valence-electron chi connectivity index (χ0n) is 12.5. The second-order valence-electron chi connectivity index (χ2n) is 5.85. The Bertz CT molecular complexity index is 257. The molecule has 19 heavy (non-hydrogen) atoms. The zero-order chi connectivity index (χ0) is 14.1. The number of ether oxygens (including phenoxy) is 1. The molecule has 0 aromatic rings. The van der Waals surface area contributed by atoms with Crippen molar-refractivity contribution >= 4 is 5.91 Å². The molecule has 1 aliphatic carbocycles. The maximum absolute atomic E-state index is 11.7. The van der Waals surface area contributed by atoms with E-state index >= 15 is 0 Å². The standard InChI is InChI=1S/C15H30N2O2/c1-3-13(4-2)17-14(18)11-19-12-15(16)9-7-5-6-8-10-15/h13H,3-12,16H2,1-2H3,(H,17,18). The average molecular weight is 270 g/mol. The lowest BCUT2D eigenvalue weighted by atomic mass is 9.93. The molecule has 0 spiro atoms. The summed E-state index contributed by atoms with van der Waals surface area (Å²) >= 11 is 0. The van der Waals surface area contributed by atoms with Crippen molar-refractivity contribution in [3.8, 4) is 0 Å². The molecule has 0 radical (unpaired) electrons. The van der Waals surface area contributed by atoms with Crippen molar-refractivity contribution in [3.63, 3.8) is 0 Å². The minimum atomic E-state index is -0.217. The van der Waals surface area contributed by atoms with E-state index in [9.17, 15) is 4.79 Å². The molecular formula is C15H30N2O2. The van der Waals surface area contributed by atoms with Crippen LogP contribution in [0.25, 0.3) is 0 Å². The van der Waals surface area contributed by atoms with E-state index in [2.05, 4.69) is 19.2 Å². The molecule has 1 fully saturated rings. The molecule has 4 heteroatoms. The average Bonchev–Trinajstić information content (AvgIpc) is 2.61. The van der Waals surface area contributed by atoms with Crippen molar-refractivity contribution in [3.05, 3.63) is 0 Å². The van der Waals surface area contributed by atoms with Gasteiger partial charge >= 0.3 is 0 Å². The summed E-state index contributed by atoms with van der Waals surface area (Å²) in [4.78, 5) is 11.7. The van der Waals surface area contributed by atoms with Gasteiger partial charge in [0.15, 0.2) is 0 Å². The van der Waals surface area contributed by atoms with E-state index in [1.165, 1.54) is 25.7 Å². The summed E-state index contributed by atoms with van der Waals surface area (Å²) in [6, 6.07) is 0.265. The van der Waals surface area contributed by atoms with Crippen molar-refractivity contribution < 1.29 is 9.53 Å². The van der Waals surface area contributed by atoms with Crippen molar-refractivity contribution in [1.82, 2.24) is 5.32 Å². The first kappa shape index (κ1) is 16.4. The third kappa shape index (κ3) is 6.39. The van der Waals surface area contributed by atoms with Gasteiger partial charge in [-0.2, -0.15) is 0 Å². The minimum Gasteiger partial charge on any atom is -0.370 e. The molecule has 0 aromatic carbocycles. The molecule has 112 valence electrons. The Labute approximate surface area is 117 Å². The van der Waals surface area contributed by atoms with Crippen LogP contribution >= 0.6 is 0 Å². The largest absolute Gasteiger partial charge is 0.370 e. The summed E-state index contributed by atoms with van der Waals surface area (Å²) in [6.07, 6.45) is 8.86. The van der Waals surface area contributed by atoms with E-state index in [4.69, 9.17) is 10.5 Å². The van der Waals surface area contributed by atoms with Gasteiger partial charge in [0.05, 0.1) is 6.61 Å². The third-order valence-electron chi connectivity index (χ3n) is 4.07. The lowest BCUT2D eigenvalue weighted by molar-refractivity contribution is -0.127. The van der Waals surface area contributed by atoms with Crippen LogP contribution in [0.4, 0.5) is 0 Å². The molecule has 0 heterocycles. The monoisotopic (exact) mass is 270 g/mol. The molecule has 4 nitrogen and oxygen atoms in total. The second kappa shape index (κ2) is 8.54. The smallest absolute Gasteiger partial charge is 0.246 e. The van der Waals surface area contributed by atoms with E-state index in [-0.39, 0.29) is 24.1 Å². The van der Waals surface area contributed by atoms with E-state index in [1.54, 1.807) is 0 Å². The molecule has 0 saturated heterocycles. The van der Waals surface area contributed by atoms with E-state index < -0.39 is 0 Å². The number of nitrogens with one attached hydrogen (secondary N) is 1. The number of carbonyl (C=O) groups is 1. The first-order valence-electron chi connectivity index (χ1n) is 7.75. The summed E-state index contributed by atoms with van der Waals surface area (Å²) in [5, 5.41) is 2.97. The van der Waals surface area contributed by atoms with Gasteiger partial charge in [0.2, 0.25) is 5.91 Å². The Morgan fingerprint density at radius 1 is 1.21 bits per heavy atom. The van der Waals surface area contributed by atoms with Gasteiger partial charge in [0.25, 0.3) is 0 Å². The molecule has 0 atom stereocenters. The van der Waals surface area contributed by atoms with Crippen LogP contribution in [0.2, 0.25) is 0 Å². The summed E-state index contributed by atoms with van der Waals surface area (Å²) in [5.41, 5.74) is 6.13. The summed E-state index contributed by atoms with van der Waals surface area (Å²) in [7, 11) is 0. The molecule has 0 aromatic heterocycles. The lowest BCUT2D eigenvalue weighted by Gasteiger charge is -2.27. The first-order chi connectivity index (χ1) is 9.09. The molecule has 1 amide bonds. The molecule has 1 rings (SSSR count). The molecule has 1 aliphatic rings. The van der Waals surface area contributed by atoms with Gasteiger partial charge in [-0.05, 0) is 25.7 Å². The normalized spacial score (nSPS) is 19.2. The quantitative estimate of drug-likeness (QED) is 0.698. The van der Waals surface area contributed by atoms with Crippen LogP contribution in [-0.2, 0) is 9.53 Å². The van der Waals surface area contributed by atoms with Gasteiger partial charge in [0, 0.05) is 11.6 Å². The molecule has 0 bridgehead atoms. The number of amides is 1. The SMILES string of the molecule is CCC(CC)NC(=O)COCC1(N)CCCCCC1. The number of hydrogen-bond acceptors (Lipinski definition) is 3. The summed E-state index contributed by atoms with van der Waals surface area (Å²) < 4.78 is 5.55. The number of nitrogens with two attached hydrogens (primary N) is 1. The maximum Gasteiger partial charge on any atom is 0.246 e. The van der Waals surface area contributed by atoms with Crippen molar-refractivity contribution in [1.29, 1.82) is 0 Å².